The van der Waals surface area contributed by atoms with Gasteiger partial charge in [0.25, 0.3) is 0 Å². The molecule has 3 N–H and O–H groups in total. The smallest absolute Gasteiger partial charge is 0.332 e. The van der Waals surface area contributed by atoms with Crippen molar-refractivity contribution in [3.63, 3.8) is 0 Å². The molecule has 0 bridgehead atoms. The van der Waals surface area contributed by atoms with E-state index in [2.05, 4.69) is 269 Å². The Bertz CT molecular complexity index is 2830. The van der Waals surface area contributed by atoms with Gasteiger partial charge >= 0.3 is 8.60 Å². The van der Waals surface area contributed by atoms with E-state index in [0.717, 1.165) is 66.8 Å². The van der Waals surface area contributed by atoms with Crippen LogP contribution in [0.3, 0.4) is 0 Å². The SMILES string of the molecule is CC(C)(C)c1ccc(-c2c(-c3ccccc3)c(-c3ccc(C(C)(C)C)cc3C(C)(C)C)c(-c3ccc(C(C)(C)C)cc3C(C)(C)C)c(P(O)OP(O)O)c2-c2ccc(C(C)(C)C)cc2C(C)(C)C)c(C(C)(C)C)c1. The van der Waals surface area contributed by atoms with Gasteiger partial charge in [-0.3, -0.25) is 4.31 Å². The monoisotopic (exact) mass is 1030 g/mol. The van der Waals surface area contributed by atoms with Crippen LogP contribution in [-0.4, -0.2) is 14.7 Å². The van der Waals surface area contributed by atoms with Crippen molar-refractivity contribution < 1.29 is 19.0 Å². The van der Waals surface area contributed by atoms with E-state index < -0.39 is 17.0 Å². The summed E-state index contributed by atoms with van der Waals surface area (Å²) in [4.78, 5) is 35.7. The van der Waals surface area contributed by atoms with Gasteiger partial charge in [0.2, 0.25) is 8.38 Å². The lowest BCUT2D eigenvalue weighted by atomic mass is 9.69. The summed E-state index contributed by atoms with van der Waals surface area (Å²) >= 11 is 0. The standard InChI is InChI=1S/C68H92O4P2/c1-61(2,3)43-30-34-47(51(38-43)65(13,14)15)56-55(42-28-26-25-27-29-42)57(48-35-31-44(62(4,5)6)39-52(48)66(16,17)18)59(50-37-33-46(64(10,11)12)41-54(50)68(22,23)24)60(73(69)72-74(70)71)58(56)49-36-32-45(63(7,8)9)40-53(49)67(19,20)21/h25-41,69-71H,1-24H3. The molecular weight excluding hydrogens is 943 g/mol. The van der Waals surface area contributed by atoms with Crippen molar-refractivity contribution in [1.29, 1.82) is 0 Å². The lowest BCUT2D eigenvalue weighted by Crippen LogP contribution is -2.24. The summed E-state index contributed by atoms with van der Waals surface area (Å²) in [5.74, 6) is 0. The third-order valence-corrected chi connectivity index (χ3v) is 16.8. The van der Waals surface area contributed by atoms with Crippen LogP contribution in [0.5, 0.6) is 0 Å². The molecule has 0 saturated heterocycles. The van der Waals surface area contributed by atoms with Crippen LogP contribution < -0.4 is 5.30 Å². The van der Waals surface area contributed by atoms with Crippen LogP contribution >= 0.6 is 17.0 Å². The van der Waals surface area contributed by atoms with Gasteiger partial charge in [-0.1, -0.05) is 269 Å². The third kappa shape index (κ3) is 12.6. The molecule has 0 aliphatic heterocycles. The Kier molecular flexibility index (Phi) is 16.4. The fraction of sp³-hybridized carbons (Fsp3) is 0.471. The Labute approximate surface area is 451 Å². The predicted molar refractivity (Wildman–Crippen MR) is 324 cm³/mol. The number of hydrogen-bond acceptors (Lipinski definition) is 4. The molecule has 0 radical (unpaired) electrons. The summed E-state index contributed by atoms with van der Waals surface area (Å²) in [5, 5.41) is 0.558. The molecule has 1 atom stereocenters. The predicted octanol–water partition coefficient (Wildman–Crippen LogP) is 19.6. The highest BCUT2D eigenvalue weighted by Crippen LogP contribution is 2.60. The lowest BCUT2D eigenvalue weighted by Gasteiger charge is -2.37. The van der Waals surface area contributed by atoms with E-state index in [9.17, 15) is 14.7 Å². The summed E-state index contributed by atoms with van der Waals surface area (Å²) in [6, 6.07) is 38.8. The van der Waals surface area contributed by atoms with E-state index in [1.165, 1.54) is 33.4 Å². The molecule has 6 rings (SSSR count). The van der Waals surface area contributed by atoms with Crippen molar-refractivity contribution in [3.05, 3.63) is 148 Å². The fourth-order valence-electron chi connectivity index (χ4n) is 10.4. The molecule has 0 heterocycles. The van der Waals surface area contributed by atoms with Gasteiger partial charge in [0.1, 0.15) is 0 Å². The molecule has 398 valence electrons. The Balaban J connectivity index is 2.22. The number of hydrogen-bond donors (Lipinski definition) is 3. The minimum Gasteiger partial charge on any atom is -0.346 e. The first-order valence-electron chi connectivity index (χ1n) is 26.8. The molecule has 0 aromatic heterocycles. The highest BCUT2D eigenvalue weighted by molar-refractivity contribution is 7.63. The molecule has 6 aromatic carbocycles. The van der Waals surface area contributed by atoms with Gasteiger partial charge in [-0.25, -0.2) is 0 Å². The van der Waals surface area contributed by atoms with Crippen molar-refractivity contribution in [3.8, 4) is 55.6 Å². The highest BCUT2D eigenvalue weighted by Gasteiger charge is 2.40. The summed E-state index contributed by atoms with van der Waals surface area (Å²) < 4.78 is 6.21. The summed E-state index contributed by atoms with van der Waals surface area (Å²) in [5.41, 5.74) is 17.1. The molecule has 0 amide bonds. The van der Waals surface area contributed by atoms with Gasteiger partial charge in [0.05, 0.1) is 0 Å². The third-order valence-electron chi connectivity index (χ3n) is 14.7. The first-order valence-corrected chi connectivity index (χ1v) is 29.2. The van der Waals surface area contributed by atoms with Crippen molar-refractivity contribution in [2.24, 2.45) is 0 Å². The molecule has 0 fully saturated rings. The second-order valence-electron chi connectivity index (χ2n) is 29.2. The van der Waals surface area contributed by atoms with Gasteiger partial charge < -0.3 is 14.7 Å². The van der Waals surface area contributed by atoms with Crippen LogP contribution in [0.1, 0.15) is 211 Å². The minimum absolute atomic E-state index is 0.141. The maximum absolute atomic E-state index is 13.5. The van der Waals surface area contributed by atoms with E-state index in [1.807, 2.05) is 0 Å². The quantitative estimate of drug-likeness (QED) is 0.133. The van der Waals surface area contributed by atoms with Gasteiger partial charge in [0.15, 0.2) is 0 Å². The molecule has 0 saturated carbocycles. The Morgan fingerprint density at radius 3 is 0.784 bits per heavy atom. The van der Waals surface area contributed by atoms with Gasteiger partial charge in [-0.05, 0) is 132 Å². The van der Waals surface area contributed by atoms with E-state index in [4.69, 9.17) is 4.31 Å². The van der Waals surface area contributed by atoms with E-state index in [1.54, 1.807) is 0 Å². The average molecular weight is 1040 g/mol. The van der Waals surface area contributed by atoms with Crippen LogP contribution in [0.25, 0.3) is 55.6 Å². The maximum Gasteiger partial charge on any atom is 0.332 e. The Morgan fingerprint density at radius 2 is 0.554 bits per heavy atom. The Morgan fingerprint density at radius 1 is 0.297 bits per heavy atom. The number of rotatable bonds is 8. The van der Waals surface area contributed by atoms with E-state index >= 15 is 0 Å². The first kappa shape index (κ1) is 59.3. The van der Waals surface area contributed by atoms with Crippen LogP contribution in [0, 0.1) is 0 Å². The normalized spacial score (nSPS) is 14.0. The van der Waals surface area contributed by atoms with Crippen LogP contribution in [0.2, 0.25) is 0 Å². The van der Waals surface area contributed by atoms with Gasteiger partial charge in [0, 0.05) is 16.4 Å². The van der Waals surface area contributed by atoms with Crippen molar-refractivity contribution in [1.82, 2.24) is 0 Å². The van der Waals surface area contributed by atoms with Gasteiger partial charge in [-0.15, -0.1) is 0 Å². The minimum atomic E-state index is -3.01. The average Bonchev–Trinajstić information content (AvgIpc) is 3.25. The van der Waals surface area contributed by atoms with Gasteiger partial charge in [-0.2, -0.15) is 0 Å². The summed E-state index contributed by atoms with van der Waals surface area (Å²) in [6.07, 6.45) is 0. The Hall–Kier alpha value is -3.98. The zero-order chi connectivity index (χ0) is 55.9. The molecular formula is C68H92O4P2. The van der Waals surface area contributed by atoms with Crippen LogP contribution in [-0.2, 0) is 47.6 Å². The second-order valence-corrected chi connectivity index (χ2v) is 31.4. The number of benzene rings is 6. The van der Waals surface area contributed by atoms with Crippen molar-refractivity contribution in [2.75, 3.05) is 0 Å². The van der Waals surface area contributed by atoms with Crippen molar-refractivity contribution >= 4 is 22.3 Å². The first-order chi connectivity index (χ1) is 33.5. The molecule has 4 nitrogen and oxygen atoms in total. The lowest BCUT2D eigenvalue weighted by molar-refractivity contribution is 0.372. The molecule has 74 heavy (non-hydrogen) atoms. The second kappa shape index (κ2) is 20.4. The molecule has 1 unspecified atom stereocenters. The molecule has 6 heteroatoms. The fourth-order valence-corrected chi connectivity index (χ4v) is 12.1. The maximum atomic E-state index is 13.5. The topological polar surface area (TPSA) is 69.9 Å². The molecule has 0 aliphatic rings. The molecule has 6 aromatic rings. The van der Waals surface area contributed by atoms with Crippen LogP contribution in [0.4, 0.5) is 0 Å². The van der Waals surface area contributed by atoms with E-state index in [0.29, 0.717) is 5.30 Å². The molecule has 0 spiro atoms. The van der Waals surface area contributed by atoms with Crippen molar-refractivity contribution in [2.45, 2.75) is 209 Å². The zero-order valence-corrected chi connectivity index (χ0v) is 51.7. The summed E-state index contributed by atoms with van der Waals surface area (Å²) in [6.45, 7) is 54.7. The van der Waals surface area contributed by atoms with Crippen LogP contribution in [0.15, 0.2) is 103 Å². The highest BCUT2D eigenvalue weighted by atomic mass is 31.2. The zero-order valence-electron chi connectivity index (χ0n) is 50.0. The molecule has 0 aliphatic carbocycles. The largest absolute Gasteiger partial charge is 0.346 e. The van der Waals surface area contributed by atoms with E-state index in [-0.39, 0.29) is 43.3 Å². The summed E-state index contributed by atoms with van der Waals surface area (Å²) in [7, 11) is -5.76.